The van der Waals surface area contributed by atoms with Crippen LogP contribution in [0.4, 0.5) is 0 Å². The van der Waals surface area contributed by atoms with Gasteiger partial charge in [-0.2, -0.15) is 0 Å². The molecule has 0 N–H and O–H groups in total. The first-order valence-corrected chi connectivity index (χ1v) is 11.1. The summed E-state index contributed by atoms with van der Waals surface area (Å²) in [7, 11) is 0. The molecule has 3 aromatic carbocycles. The number of hydrogen-bond acceptors (Lipinski definition) is 3. The molecule has 0 unspecified atom stereocenters. The molecule has 1 aliphatic heterocycles. The molecule has 0 fully saturated rings. The lowest BCUT2D eigenvalue weighted by atomic mass is 9.91. The summed E-state index contributed by atoms with van der Waals surface area (Å²) in [6.07, 6.45) is 1.76. The Kier molecular flexibility index (Phi) is 4.72. The number of amides is 2. The number of rotatable bonds is 5. The van der Waals surface area contributed by atoms with Gasteiger partial charge in [0.25, 0.3) is 11.8 Å². The molecule has 0 atom stereocenters. The lowest BCUT2D eigenvalue weighted by Gasteiger charge is -2.27. The fraction of sp³-hybridized carbons (Fsp3) is 0.154. The summed E-state index contributed by atoms with van der Waals surface area (Å²) < 4.78 is 0. The van der Waals surface area contributed by atoms with E-state index in [9.17, 15) is 9.59 Å². The molecule has 4 heteroatoms. The highest BCUT2D eigenvalue weighted by atomic mass is 32.1. The van der Waals surface area contributed by atoms with Gasteiger partial charge in [0.1, 0.15) is 0 Å². The number of nitrogens with zero attached hydrogens (tertiary/aromatic N) is 1. The molecule has 0 aliphatic carbocycles. The number of thiophene rings is 1. The van der Waals surface area contributed by atoms with Crippen molar-refractivity contribution in [2.45, 2.75) is 19.8 Å². The van der Waals surface area contributed by atoms with Gasteiger partial charge < -0.3 is 0 Å². The maximum absolute atomic E-state index is 13.1. The summed E-state index contributed by atoms with van der Waals surface area (Å²) in [5.74, 6) is -0.361. The maximum atomic E-state index is 13.1. The largest absolute Gasteiger partial charge is 0.274 e. The lowest BCUT2D eigenvalue weighted by Crippen LogP contribution is -2.40. The Morgan fingerprint density at radius 1 is 0.733 bits per heavy atom. The molecule has 5 rings (SSSR count). The van der Waals surface area contributed by atoms with Gasteiger partial charge in [-0.1, -0.05) is 61.9 Å². The standard InChI is InChI=1S/C26H21NO2S/c1-2-3-16-27-25(28)20-11-7-10-19-18(12-13-21(24(19)20)26(27)29)23-15-14-22(30-23)17-8-5-4-6-9-17/h4-15H,2-3,16H2,1H3. The fourth-order valence-electron chi connectivity index (χ4n) is 4.12. The molecule has 0 radical (unpaired) electrons. The van der Waals surface area contributed by atoms with E-state index in [2.05, 4.69) is 31.2 Å². The quantitative estimate of drug-likeness (QED) is 0.346. The van der Waals surface area contributed by atoms with Crippen LogP contribution in [0.25, 0.3) is 31.7 Å². The zero-order chi connectivity index (χ0) is 20.7. The van der Waals surface area contributed by atoms with Crippen LogP contribution in [0, 0.1) is 0 Å². The van der Waals surface area contributed by atoms with Gasteiger partial charge in [-0.25, -0.2) is 0 Å². The van der Waals surface area contributed by atoms with Crippen molar-refractivity contribution in [2.75, 3.05) is 6.54 Å². The molecule has 1 aromatic heterocycles. The van der Waals surface area contributed by atoms with E-state index in [1.807, 2.05) is 48.5 Å². The van der Waals surface area contributed by atoms with Crippen LogP contribution < -0.4 is 0 Å². The number of carbonyl (C=O) groups excluding carboxylic acids is 2. The van der Waals surface area contributed by atoms with E-state index in [1.54, 1.807) is 11.3 Å². The van der Waals surface area contributed by atoms with Gasteiger partial charge in [0, 0.05) is 32.8 Å². The van der Waals surface area contributed by atoms with Crippen molar-refractivity contribution in [2.24, 2.45) is 0 Å². The molecule has 0 saturated heterocycles. The monoisotopic (exact) mass is 411 g/mol. The Labute approximate surface area is 179 Å². The van der Waals surface area contributed by atoms with Gasteiger partial charge in [-0.05, 0) is 47.2 Å². The van der Waals surface area contributed by atoms with E-state index < -0.39 is 0 Å². The molecule has 2 heterocycles. The lowest BCUT2D eigenvalue weighted by molar-refractivity contribution is 0.0608. The van der Waals surface area contributed by atoms with E-state index in [-0.39, 0.29) is 11.8 Å². The molecule has 0 bridgehead atoms. The summed E-state index contributed by atoms with van der Waals surface area (Å²) in [5.41, 5.74) is 3.50. The molecule has 3 nitrogen and oxygen atoms in total. The molecule has 4 aromatic rings. The van der Waals surface area contributed by atoms with E-state index in [0.717, 1.165) is 34.1 Å². The second-order valence-electron chi connectivity index (χ2n) is 7.53. The van der Waals surface area contributed by atoms with E-state index in [1.165, 1.54) is 15.3 Å². The highest BCUT2D eigenvalue weighted by Crippen LogP contribution is 2.40. The van der Waals surface area contributed by atoms with Gasteiger partial charge in [-0.15, -0.1) is 11.3 Å². The second-order valence-corrected chi connectivity index (χ2v) is 8.62. The number of hydrogen-bond donors (Lipinski definition) is 0. The molecular weight excluding hydrogens is 390 g/mol. The summed E-state index contributed by atoms with van der Waals surface area (Å²) in [6, 6.07) is 24.2. The van der Waals surface area contributed by atoms with Gasteiger partial charge in [0.05, 0.1) is 0 Å². The Morgan fingerprint density at radius 3 is 2.20 bits per heavy atom. The van der Waals surface area contributed by atoms with Crippen LogP contribution >= 0.6 is 11.3 Å². The molecule has 0 saturated carbocycles. The summed E-state index contributed by atoms with van der Waals surface area (Å²) in [6.45, 7) is 2.53. The third kappa shape index (κ3) is 2.96. The predicted octanol–water partition coefficient (Wildman–Crippen LogP) is 6.63. The van der Waals surface area contributed by atoms with Crippen LogP contribution in [0.2, 0.25) is 0 Å². The van der Waals surface area contributed by atoms with Crippen molar-refractivity contribution in [1.29, 1.82) is 0 Å². The van der Waals surface area contributed by atoms with Crippen molar-refractivity contribution in [3.63, 3.8) is 0 Å². The van der Waals surface area contributed by atoms with Crippen molar-refractivity contribution in [3.8, 4) is 20.9 Å². The molecule has 1 aliphatic rings. The summed E-state index contributed by atoms with van der Waals surface area (Å²) in [4.78, 5) is 29.9. The average Bonchev–Trinajstić information content (AvgIpc) is 3.28. The topological polar surface area (TPSA) is 37.4 Å². The van der Waals surface area contributed by atoms with Gasteiger partial charge in [-0.3, -0.25) is 14.5 Å². The number of unbranched alkanes of at least 4 members (excludes halogenated alkanes) is 1. The van der Waals surface area contributed by atoms with Crippen LogP contribution in [-0.2, 0) is 0 Å². The highest BCUT2D eigenvalue weighted by molar-refractivity contribution is 7.18. The third-order valence-electron chi connectivity index (χ3n) is 5.66. The van der Waals surface area contributed by atoms with Crippen LogP contribution in [0.5, 0.6) is 0 Å². The Balaban J connectivity index is 1.64. The number of carbonyl (C=O) groups is 2. The second kappa shape index (κ2) is 7.54. The van der Waals surface area contributed by atoms with E-state index in [0.29, 0.717) is 17.7 Å². The molecule has 2 amide bonds. The van der Waals surface area contributed by atoms with Gasteiger partial charge in [0.2, 0.25) is 0 Å². The predicted molar refractivity (Wildman–Crippen MR) is 123 cm³/mol. The zero-order valence-electron chi connectivity index (χ0n) is 16.7. The van der Waals surface area contributed by atoms with Crippen molar-refractivity contribution in [1.82, 2.24) is 4.90 Å². The Bertz CT molecular complexity index is 1250. The Morgan fingerprint density at radius 2 is 1.43 bits per heavy atom. The highest BCUT2D eigenvalue weighted by Gasteiger charge is 2.32. The normalized spacial score (nSPS) is 13.3. The third-order valence-corrected chi connectivity index (χ3v) is 6.82. The average molecular weight is 412 g/mol. The smallest absolute Gasteiger partial charge is 0.261 e. The van der Waals surface area contributed by atoms with Gasteiger partial charge >= 0.3 is 0 Å². The first-order valence-electron chi connectivity index (χ1n) is 10.3. The van der Waals surface area contributed by atoms with E-state index >= 15 is 0 Å². The van der Waals surface area contributed by atoms with E-state index in [4.69, 9.17) is 0 Å². The maximum Gasteiger partial charge on any atom is 0.261 e. The minimum Gasteiger partial charge on any atom is -0.274 e. The van der Waals surface area contributed by atoms with Crippen molar-refractivity contribution >= 4 is 33.9 Å². The first kappa shape index (κ1) is 18.8. The van der Waals surface area contributed by atoms with Crippen molar-refractivity contribution < 1.29 is 9.59 Å². The summed E-state index contributed by atoms with van der Waals surface area (Å²) in [5, 5.41) is 1.75. The molecule has 0 spiro atoms. The molecule has 148 valence electrons. The van der Waals surface area contributed by atoms with Crippen LogP contribution in [0.3, 0.4) is 0 Å². The van der Waals surface area contributed by atoms with Crippen LogP contribution in [-0.4, -0.2) is 23.3 Å². The SMILES string of the molecule is CCCCN1C(=O)c2cccc3c(-c4ccc(-c5ccccc5)s4)ccc(c23)C1=O. The van der Waals surface area contributed by atoms with Gasteiger partial charge in [0.15, 0.2) is 0 Å². The zero-order valence-corrected chi connectivity index (χ0v) is 17.5. The first-order chi connectivity index (χ1) is 14.7. The number of benzene rings is 3. The minimum atomic E-state index is -0.181. The molecular formula is C26H21NO2S. The minimum absolute atomic E-state index is 0.181. The molecule has 30 heavy (non-hydrogen) atoms. The summed E-state index contributed by atoms with van der Waals surface area (Å²) >= 11 is 1.72. The number of imide groups is 1. The van der Waals surface area contributed by atoms with Crippen LogP contribution in [0.15, 0.2) is 72.8 Å². The van der Waals surface area contributed by atoms with Crippen molar-refractivity contribution in [3.05, 3.63) is 83.9 Å². The fourth-order valence-corrected chi connectivity index (χ4v) is 5.17. The Hall–Kier alpha value is -3.24. The van der Waals surface area contributed by atoms with Crippen LogP contribution in [0.1, 0.15) is 40.5 Å².